The second-order valence-corrected chi connectivity index (χ2v) is 7.32. The first kappa shape index (κ1) is 16.6. The van der Waals surface area contributed by atoms with Crippen molar-refractivity contribution in [3.8, 4) is 5.75 Å². The maximum atomic E-state index is 12.5. The zero-order valence-corrected chi connectivity index (χ0v) is 14.8. The molecule has 1 unspecified atom stereocenters. The van der Waals surface area contributed by atoms with Gasteiger partial charge in [0.25, 0.3) is 0 Å². The van der Waals surface area contributed by atoms with Crippen molar-refractivity contribution in [1.29, 1.82) is 0 Å². The van der Waals surface area contributed by atoms with Crippen molar-refractivity contribution < 1.29 is 9.53 Å². The highest BCUT2D eigenvalue weighted by molar-refractivity contribution is 5.79. The third-order valence-electron chi connectivity index (χ3n) is 4.65. The molecule has 0 bridgehead atoms. The largest absolute Gasteiger partial charge is 0.487 e. The Morgan fingerprint density at radius 2 is 1.92 bits per heavy atom. The van der Waals surface area contributed by atoms with E-state index in [1.807, 2.05) is 30.3 Å². The van der Waals surface area contributed by atoms with E-state index in [-0.39, 0.29) is 17.6 Å². The summed E-state index contributed by atoms with van der Waals surface area (Å²) in [4.78, 5) is 12.5. The van der Waals surface area contributed by atoms with Gasteiger partial charge in [-0.2, -0.15) is 0 Å². The third kappa shape index (κ3) is 3.61. The molecule has 24 heavy (non-hydrogen) atoms. The van der Waals surface area contributed by atoms with Crippen LogP contribution in [-0.2, 0) is 11.2 Å². The molecular formula is C21H25NO2. The number of nitrogens with one attached hydrogen (secondary N) is 1. The number of amides is 1. The van der Waals surface area contributed by atoms with Gasteiger partial charge in [0.05, 0.1) is 12.5 Å². The number of rotatable bonds is 3. The molecule has 2 aromatic rings. The lowest BCUT2D eigenvalue weighted by molar-refractivity contribution is -0.121. The fraction of sp³-hybridized carbons (Fsp3) is 0.381. The number of hydrogen-bond acceptors (Lipinski definition) is 2. The molecule has 0 aliphatic carbocycles. The standard InChI is InChI=1S/C21H25NO2/c1-14-9-10-16(11-15(14)2)12-20(23)22-18-13-21(3,4)24-19-8-6-5-7-17(18)19/h5-11,18H,12-13H2,1-4H3,(H,22,23). The second kappa shape index (κ2) is 6.31. The molecule has 0 fully saturated rings. The SMILES string of the molecule is Cc1ccc(CC(=O)NC2CC(C)(C)Oc3ccccc32)cc1C. The summed E-state index contributed by atoms with van der Waals surface area (Å²) in [6, 6.07) is 14.1. The summed E-state index contributed by atoms with van der Waals surface area (Å²) < 4.78 is 6.03. The predicted octanol–water partition coefficient (Wildman–Crippen LogP) is 4.26. The Labute approximate surface area is 144 Å². The molecule has 1 N–H and O–H groups in total. The molecule has 2 aromatic carbocycles. The van der Waals surface area contributed by atoms with Crippen LogP contribution in [0, 0.1) is 13.8 Å². The van der Waals surface area contributed by atoms with E-state index in [0.29, 0.717) is 6.42 Å². The molecule has 0 radical (unpaired) electrons. The number of carbonyl (C=O) groups is 1. The van der Waals surface area contributed by atoms with Gasteiger partial charge in [-0.25, -0.2) is 0 Å². The minimum absolute atomic E-state index is 0.0102. The Kier molecular flexibility index (Phi) is 4.35. The molecule has 126 valence electrons. The van der Waals surface area contributed by atoms with Crippen molar-refractivity contribution in [3.05, 3.63) is 64.7 Å². The van der Waals surface area contributed by atoms with E-state index in [4.69, 9.17) is 4.74 Å². The summed E-state index contributed by atoms with van der Waals surface area (Å²) in [5, 5.41) is 3.19. The normalized spacial score (nSPS) is 18.4. The molecule has 0 saturated heterocycles. The first-order valence-electron chi connectivity index (χ1n) is 8.47. The fourth-order valence-corrected chi connectivity index (χ4v) is 3.28. The van der Waals surface area contributed by atoms with Crippen molar-refractivity contribution >= 4 is 5.91 Å². The number of hydrogen-bond donors (Lipinski definition) is 1. The third-order valence-corrected chi connectivity index (χ3v) is 4.65. The van der Waals surface area contributed by atoms with Crippen LogP contribution in [0.1, 0.15) is 48.6 Å². The van der Waals surface area contributed by atoms with Gasteiger partial charge in [-0.05, 0) is 50.5 Å². The van der Waals surface area contributed by atoms with Crippen LogP contribution in [0.2, 0.25) is 0 Å². The molecule has 3 heteroatoms. The minimum atomic E-state index is -0.285. The van der Waals surface area contributed by atoms with E-state index in [0.717, 1.165) is 23.3 Å². The van der Waals surface area contributed by atoms with Gasteiger partial charge in [-0.1, -0.05) is 36.4 Å². The molecule has 0 aromatic heterocycles. The number of aryl methyl sites for hydroxylation is 2. The van der Waals surface area contributed by atoms with Crippen LogP contribution in [0.15, 0.2) is 42.5 Å². The monoisotopic (exact) mass is 323 g/mol. The number of carbonyl (C=O) groups excluding carboxylic acids is 1. The molecule has 0 spiro atoms. The number of fused-ring (bicyclic) bond motifs is 1. The van der Waals surface area contributed by atoms with Crippen LogP contribution < -0.4 is 10.1 Å². The van der Waals surface area contributed by atoms with Gasteiger partial charge >= 0.3 is 0 Å². The molecule has 3 rings (SSSR count). The first-order chi connectivity index (χ1) is 11.3. The Hall–Kier alpha value is -2.29. The minimum Gasteiger partial charge on any atom is -0.487 e. The lowest BCUT2D eigenvalue weighted by atomic mass is 9.89. The molecule has 3 nitrogen and oxygen atoms in total. The molecule has 0 saturated carbocycles. The number of para-hydroxylation sites is 1. The molecule has 1 heterocycles. The Morgan fingerprint density at radius 3 is 2.67 bits per heavy atom. The van der Waals surface area contributed by atoms with E-state index < -0.39 is 0 Å². The van der Waals surface area contributed by atoms with E-state index in [9.17, 15) is 4.79 Å². The quantitative estimate of drug-likeness (QED) is 0.916. The van der Waals surface area contributed by atoms with Crippen LogP contribution in [0.5, 0.6) is 5.75 Å². The summed E-state index contributed by atoms with van der Waals surface area (Å²) in [5.41, 5.74) is 4.30. The van der Waals surface area contributed by atoms with Crippen molar-refractivity contribution in [2.75, 3.05) is 0 Å². The van der Waals surface area contributed by atoms with E-state index in [1.54, 1.807) is 0 Å². The zero-order chi connectivity index (χ0) is 17.3. The van der Waals surface area contributed by atoms with Crippen LogP contribution in [0.25, 0.3) is 0 Å². The van der Waals surface area contributed by atoms with Gasteiger partial charge in [0.15, 0.2) is 0 Å². The van der Waals surface area contributed by atoms with Crippen molar-refractivity contribution in [3.63, 3.8) is 0 Å². The second-order valence-electron chi connectivity index (χ2n) is 7.32. The van der Waals surface area contributed by atoms with E-state index >= 15 is 0 Å². The molecular weight excluding hydrogens is 298 g/mol. The van der Waals surface area contributed by atoms with Crippen LogP contribution in [0.4, 0.5) is 0 Å². The Bertz CT molecular complexity index is 764. The topological polar surface area (TPSA) is 38.3 Å². The predicted molar refractivity (Wildman–Crippen MR) is 96.3 cm³/mol. The van der Waals surface area contributed by atoms with Crippen LogP contribution in [0.3, 0.4) is 0 Å². The molecule has 1 atom stereocenters. The highest BCUT2D eigenvalue weighted by atomic mass is 16.5. The summed E-state index contributed by atoms with van der Waals surface area (Å²) in [7, 11) is 0. The van der Waals surface area contributed by atoms with Crippen molar-refractivity contribution in [1.82, 2.24) is 5.32 Å². The smallest absolute Gasteiger partial charge is 0.224 e. The lowest BCUT2D eigenvalue weighted by Gasteiger charge is -2.37. The van der Waals surface area contributed by atoms with Gasteiger partial charge in [0.1, 0.15) is 11.4 Å². The van der Waals surface area contributed by atoms with Gasteiger partial charge < -0.3 is 10.1 Å². The highest BCUT2D eigenvalue weighted by Gasteiger charge is 2.34. The highest BCUT2D eigenvalue weighted by Crippen LogP contribution is 2.39. The summed E-state index contributed by atoms with van der Waals surface area (Å²) in [6.07, 6.45) is 1.17. The average Bonchev–Trinajstić information content (AvgIpc) is 2.50. The summed E-state index contributed by atoms with van der Waals surface area (Å²) in [5.74, 6) is 0.918. The van der Waals surface area contributed by atoms with E-state index in [1.165, 1.54) is 11.1 Å². The fourth-order valence-electron chi connectivity index (χ4n) is 3.28. The average molecular weight is 323 g/mol. The zero-order valence-electron chi connectivity index (χ0n) is 14.8. The Balaban J connectivity index is 1.75. The van der Waals surface area contributed by atoms with Crippen LogP contribution in [-0.4, -0.2) is 11.5 Å². The first-order valence-corrected chi connectivity index (χ1v) is 8.47. The molecule has 1 aliphatic rings. The molecule has 1 amide bonds. The van der Waals surface area contributed by atoms with Gasteiger partial charge in [-0.15, -0.1) is 0 Å². The maximum absolute atomic E-state index is 12.5. The summed E-state index contributed by atoms with van der Waals surface area (Å²) >= 11 is 0. The number of ether oxygens (including phenoxy) is 1. The summed E-state index contributed by atoms with van der Waals surface area (Å²) in [6.45, 7) is 8.28. The number of benzene rings is 2. The van der Waals surface area contributed by atoms with Gasteiger partial charge in [-0.3, -0.25) is 4.79 Å². The Morgan fingerprint density at radius 1 is 1.17 bits per heavy atom. The van der Waals surface area contributed by atoms with Crippen molar-refractivity contribution in [2.45, 2.75) is 52.2 Å². The van der Waals surface area contributed by atoms with E-state index in [2.05, 4.69) is 45.1 Å². The van der Waals surface area contributed by atoms with Gasteiger partial charge in [0.2, 0.25) is 5.91 Å². The van der Waals surface area contributed by atoms with Crippen molar-refractivity contribution in [2.24, 2.45) is 0 Å². The molecule has 1 aliphatic heterocycles. The van der Waals surface area contributed by atoms with Crippen LogP contribution >= 0.6 is 0 Å². The lowest BCUT2D eigenvalue weighted by Crippen LogP contribution is -2.41. The van der Waals surface area contributed by atoms with Gasteiger partial charge in [0, 0.05) is 12.0 Å². The maximum Gasteiger partial charge on any atom is 0.224 e.